The van der Waals surface area contributed by atoms with Crippen molar-refractivity contribution < 1.29 is 9.59 Å². The summed E-state index contributed by atoms with van der Waals surface area (Å²) in [4.78, 5) is 33.1. The highest BCUT2D eigenvalue weighted by Crippen LogP contribution is 2.29. The van der Waals surface area contributed by atoms with Gasteiger partial charge < -0.3 is 9.80 Å². The molecule has 0 aromatic heterocycles. The number of thioether (sulfide) groups is 1. The summed E-state index contributed by atoms with van der Waals surface area (Å²) >= 11 is 1.72. The normalized spacial score (nSPS) is 20.5. The first kappa shape index (κ1) is 28.0. The zero-order chi connectivity index (χ0) is 24.1. The zero-order valence-corrected chi connectivity index (χ0v) is 22.4. The van der Waals surface area contributed by atoms with Crippen molar-refractivity contribution in [3.05, 3.63) is 0 Å². The van der Waals surface area contributed by atoms with Crippen molar-refractivity contribution in [1.29, 1.82) is 0 Å². The van der Waals surface area contributed by atoms with Gasteiger partial charge in [-0.15, -0.1) is 0 Å². The van der Waals surface area contributed by atoms with E-state index in [2.05, 4.69) is 31.0 Å². The number of hydrogen-bond donors (Lipinski definition) is 1. The van der Waals surface area contributed by atoms with Crippen LogP contribution in [0.1, 0.15) is 111 Å². The van der Waals surface area contributed by atoms with E-state index in [1.807, 2.05) is 0 Å². The van der Waals surface area contributed by atoms with Gasteiger partial charge in [-0.1, -0.05) is 116 Å². The van der Waals surface area contributed by atoms with Crippen LogP contribution in [0.4, 0.5) is 4.79 Å². The Labute approximate surface area is 206 Å². The van der Waals surface area contributed by atoms with Crippen LogP contribution in [0.5, 0.6) is 0 Å². The number of amidine groups is 1. The Morgan fingerprint density at radius 3 is 1.91 bits per heavy atom. The molecule has 190 valence electrons. The van der Waals surface area contributed by atoms with Gasteiger partial charge in [0.2, 0.25) is 0 Å². The van der Waals surface area contributed by atoms with Crippen molar-refractivity contribution in [3.63, 3.8) is 0 Å². The number of unbranched alkanes of at least 4 members (excludes halogenated alkanes) is 13. The quantitative estimate of drug-likeness (QED) is 0.244. The van der Waals surface area contributed by atoms with E-state index in [4.69, 9.17) is 4.99 Å². The monoisotopic (exact) mass is 480 g/mol. The van der Waals surface area contributed by atoms with E-state index in [9.17, 15) is 9.59 Å². The highest BCUT2D eigenvalue weighted by molar-refractivity contribution is 8.13. The Hall–Kier alpha value is -1.24. The Bertz CT molecular complexity index is 625. The molecule has 0 aliphatic carbocycles. The maximum Gasteiger partial charge on any atom is 0.325 e. The Morgan fingerprint density at radius 2 is 1.39 bits per heavy atom. The van der Waals surface area contributed by atoms with Crippen LogP contribution in [-0.4, -0.2) is 58.5 Å². The zero-order valence-electron chi connectivity index (χ0n) is 21.6. The summed E-state index contributed by atoms with van der Waals surface area (Å²) in [5.41, 5.74) is 0. The Morgan fingerprint density at radius 1 is 0.879 bits per heavy atom. The van der Waals surface area contributed by atoms with Gasteiger partial charge in [-0.2, -0.15) is 0 Å². The van der Waals surface area contributed by atoms with E-state index < -0.39 is 6.17 Å². The fourth-order valence-electron chi connectivity index (χ4n) is 4.57. The van der Waals surface area contributed by atoms with Crippen LogP contribution < -0.4 is 5.32 Å². The molecule has 1 N–H and O–H groups in total. The van der Waals surface area contributed by atoms with Crippen LogP contribution in [0.15, 0.2) is 4.99 Å². The molecule has 7 heteroatoms. The van der Waals surface area contributed by atoms with E-state index in [0.29, 0.717) is 5.92 Å². The van der Waals surface area contributed by atoms with Crippen molar-refractivity contribution in [2.24, 2.45) is 10.9 Å². The summed E-state index contributed by atoms with van der Waals surface area (Å²) in [5.74, 6) is 1.31. The molecule has 2 rings (SSSR count). The smallest absolute Gasteiger partial charge is 0.325 e. The van der Waals surface area contributed by atoms with Crippen molar-refractivity contribution in [1.82, 2.24) is 15.1 Å². The number of urea groups is 1. The summed E-state index contributed by atoms with van der Waals surface area (Å²) in [6.45, 7) is 7.49. The van der Waals surface area contributed by atoms with Gasteiger partial charge in [-0.05, 0) is 12.3 Å². The number of fused-ring (bicyclic) bond motifs is 1. The third-order valence-corrected chi connectivity index (χ3v) is 8.05. The van der Waals surface area contributed by atoms with Gasteiger partial charge in [0, 0.05) is 19.3 Å². The third-order valence-electron chi connectivity index (χ3n) is 6.62. The number of carbonyl (C=O) groups is 2. The number of carbonyl (C=O) groups excluding carboxylic acids is 2. The van der Waals surface area contributed by atoms with Crippen LogP contribution in [0.2, 0.25) is 0 Å². The van der Waals surface area contributed by atoms with Gasteiger partial charge in [0.15, 0.2) is 17.4 Å². The topological polar surface area (TPSA) is 65.0 Å². The maximum atomic E-state index is 12.6. The lowest BCUT2D eigenvalue weighted by atomic mass is 10.0. The molecule has 6 nitrogen and oxygen atoms in total. The molecular weight excluding hydrogens is 432 g/mol. The lowest BCUT2D eigenvalue weighted by molar-refractivity contribution is -0.127. The van der Waals surface area contributed by atoms with Crippen LogP contribution in [-0.2, 0) is 4.79 Å². The standard InChI is InChI=1S/C26H48N4O2S/c1-5-6-7-8-9-10-11-12-13-14-15-16-17-18-19-30-22-23(27-26(30)33-20-21(2)3)29(4)25(32)28-24(22)31/h21-23H,5-20H2,1-4H3,(H,28,31,32). The Balaban J connectivity index is 1.62. The lowest BCUT2D eigenvalue weighted by Crippen LogP contribution is -2.63. The van der Waals surface area contributed by atoms with Crippen molar-refractivity contribution in [2.75, 3.05) is 19.3 Å². The number of likely N-dealkylation sites (N-methyl/N-ethyl adjacent to an activating group) is 1. The van der Waals surface area contributed by atoms with Crippen LogP contribution in [0.3, 0.4) is 0 Å². The second kappa shape index (κ2) is 15.6. The molecule has 0 aromatic carbocycles. The molecule has 2 atom stereocenters. The summed E-state index contributed by atoms with van der Waals surface area (Å²) < 4.78 is 0. The van der Waals surface area contributed by atoms with Crippen LogP contribution in [0.25, 0.3) is 0 Å². The highest BCUT2D eigenvalue weighted by atomic mass is 32.2. The summed E-state index contributed by atoms with van der Waals surface area (Å²) in [7, 11) is 1.73. The summed E-state index contributed by atoms with van der Waals surface area (Å²) in [5, 5.41) is 3.41. The van der Waals surface area contributed by atoms with Gasteiger partial charge in [-0.25, -0.2) is 9.79 Å². The predicted molar refractivity (Wildman–Crippen MR) is 141 cm³/mol. The average molecular weight is 481 g/mol. The molecule has 1 fully saturated rings. The molecule has 0 saturated carbocycles. The second-order valence-corrected chi connectivity index (χ2v) is 11.2. The first-order valence-electron chi connectivity index (χ1n) is 13.5. The van der Waals surface area contributed by atoms with Gasteiger partial charge in [0.05, 0.1) is 0 Å². The summed E-state index contributed by atoms with van der Waals surface area (Å²) in [6, 6.07) is -0.735. The van der Waals surface area contributed by atoms with Crippen LogP contribution >= 0.6 is 11.8 Å². The molecule has 1 saturated heterocycles. The minimum Gasteiger partial charge on any atom is -0.336 e. The van der Waals surface area contributed by atoms with E-state index in [1.54, 1.807) is 23.7 Å². The van der Waals surface area contributed by atoms with Crippen LogP contribution in [0, 0.1) is 5.92 Å². The minimum atomic E-state index is -0.396. The predicted octanol–water partition coefficient (Wildman–Crippen LogP) is 6.40. The molecule has 0 aromatic rings. The van der Waals surface area contributed by atoms with E-state index in [1.165, 1.54) is 83.5 Å². The number of amides is 3. The van der Waals surface area contributed by atoms with Crippen molar-refractivity contribution >= 4 is 28.9 Å². The first-order chi connectivity index (χ1) is 16.0. The van der Waals surface area contributed by atoms with E-state index in [0.717, 1.165) is 23.9 Å². The third kappa shape index (κ3) is 9.50. The van der Waals surface area contributed by atoms with Crippen molar-refractivity contribution in [3.8, 4) is 0 Å². The number of nitrogens with zero attached hydrogens (tertiary/aromatic N) is 3. The van der Waals surface area contributed by atoms with Gasteiger partial charge in [0.1, 0.15) is 0 Å². The SMILES string of the molecule is CCCCCCCCCCCCCCCCN1C(SCC(C)C)=NC2C1C(=O)NC(=O)N2C. The first-order valence-corrected chi connectivity index (χ1v) is 14.5. The molecule has 2 aliphatic rings. The largest absolute Gasteiger partial charge is 0.336 e. The molecule has 2 aliphatic heterocycles. The number of nitrogens with one attached hydrogen (secondary N) is 1. The molecular formula is C26H48N4O2S. The van der Waals surface area contributed by atoms with Crippen molar-refractivity contribution in [2.45, 2.75) is 123 Å². The molecule has 2 unspecified atom stereocenters. The highest BCUT2D eigenvalue weighted by Gasteiger charge is 2.48. The average Bonchev–Trinajstić information content (AvgIpc) is 3.15. The minimum absolute atomic E-state index is 0.211. The summed E-state index contributed by atoms with van der Waals surface area (Å²) in [6.07, 6.45) is 18.3. The number of hydrogen-bond acceptors (Lipinski definition) is 5. The maximum absolute atomic E-state index is 12.6. The Kier molecular flexibility index (Phi) is 13.3. The van der Waals surface area contributed by atoms with Gasteiger partial charge >= 0.3 is 6.03 Å². The molecule has 3 amide bonds. The fourth-order valence-corrected chi connectivity index (χ4v) is 5.61. The molecule has 2 heterocycles. The molecule has 33 heavy (non-hydrogen) atoms. The number of rotatable bonds is 17. The molecule has 0 radical (unpaired) electrons. The number of aliphatic imine (C=N–C) groups is 1. The van der Waals surface area contributed by atoms with Gasteiger partial charge in [-0.3, -0.25) is 10.1 Å². The molecule has 0 spiro atoms. The van der Waals surface area contributed by atoms with E-state index in [-0.39, 0.29) is 18.0 Å². The lowest BCUT2D eigenvalue weighted by Gasteiger charge is -2.36. The molecule has 0 bridgehead atoms. The fraction of sp³-hybridized carbons (Fsp3) is 0.885. The number of imide groups is 1. The van der Waals surface area contributed by atoms with E-state index >= 15 is 0 Å². The second-order valence-electron chi connectivity index (χ2n) is 10.2. The van der Waals surface area contributed by atoms with Gasteiger partial charge in [0.25, 0.3) is 5.91 Å².